The molecule has 7 nitrogen and oxygen atoms in total. The van der Waals surface area contributed by atoms with Gasteiger partial charge in [-0.1, -0.05) is 60.7 Å². The third-order valence-electron chi connectivity index (χ3n) is 9.86. The van der Waals surface area contributed by atoms with E-state index < -0.39 is 11.5 Å². The van der Waals surface area contributed by atoms with Crippen molar-refractivity contribution in [2.24, 2.45) is 5.92 Å². The molecule has 3 aromatic rings. The lowest BCUT2D eigenvalue weighted by Gasteiger charge is -2.39. The van der Waals surface area contributed by atoms with Crippen LogP contribution in [0.4, 0.5) is 5.69 Å². The van der Waals surface area contributed by atoms with E-state index >= 15 is 0 Å². The van der Waals surface area contributed by atoms with E-state index in [2.05, 4.69) is 41.0 Å². The molecule has 2 fully saturated rings. The number of benzene rings is 3. The predicted octanol–water partition coefficient (Wildman–Crippen LogP) is 4.57. The maximum atomic E-state index is 14.1. The Morgan fingerprint density at radius 3 is 2.40 bits per heavy atom. The number of carbonyl (C=O) groups is 3. The van der Waals surface area contributed by atoms with Gasteiger partial charge in [-0.05, 0) is 81.0 Å². The van der Waals surface area contributed by atoms with E-state index in [1.165, 1.54) is 0 Å². The van der Waals surface area contributed by atoms with Crippen LogP contribution in [0.1, 0.15) is 57.1 Å². The van der Waals surface area contributed by atoms with Gasteiger partial charge in [0.25, 0.3) is 0 Å². The Balaban J connectivity index is 1.19. The van der Waals surface area contributed by atoms with Gasteiger partial charge in [-0.25, -0.2) is 0 Å². The van der Waals surface area contributed by atoms with E-state index in [0.717, 1.165) is 46.8 Å². The van der Waals surface area contributed by atoms with E-state index in [1.54, 1.807) is 0 Å². The van der Waals surface area contributed by atoms with E-state index in [4.69, 9.17) is 0 Å². The number of anilines is 1. The Labute approximate surface area is 248 Å². The van der Waals surface area contributed by atoms with Crippen molar-refractivity contribution in [2.75, 3.05) is 25.0 Å². The maximum absolute atomic E-state index is 14.1. The van der Waals surface area contributed by atoms with Crippen LogP contribution in [0, 0.1) is 5.92 Å². The van der Waals surface area contributed by atoms with Crippen LogP contribution in [0.25, 0.3) is 10.8 Å². The van der Waals surface area contributed by atoms with Crippen molar-refractivity contribution in [1.82, 2.24) is 15.5 Å². The first-order chi connectivity index (χ1) is 20.3. The minimum atomic E-state index is -0.637. The monoisotopic (exact) mass is 566 g/mol. The number of hydrogen-bond acceptors (Lipinski definition) is 4. The van der Waals surface area contributed by atoms with Crippen LogP contribution in [-0.2, 0) is 26.2 Å². The van der Waals surface area contributed by atoms with Crippen LogP contribution >= 0.6 is 0 Å². The summed E-state index contributed by atoms with van der Waals surface area (Å²) in [6.07, 6.45) is 4.47. The summed E-state index contributed by atoms with van der Waals surface area (Å²) in [6, 6.07) is 22.2. The molecule has 2 N–H and O–H groups in total. The Hall–Kier alpha value is -3.71. The Kier molecular flexibility index (Phi) is 7.79. The van der Waals surface area contributed by atoms with Gasteiger partial charge in [-0.15, -0.1) is 0 Å². The van der Waals surface area contributed by atoms with Gasteiger partial charge in [0.1, 0.15) is 6.04 Å². The average Bonchev–Trinajstić information content (AvgIpc) is 3.58. The highest BCUT2D eigenvalue weighted by atomic mass is 16.2. The molecule has 220 valence electrons. The van der Waals surface area contributed by atoms with E-state index in [-0.39, 0.29) is 29.7 Å². The Bertz CT molecular complexity index is 1490. The van der Waals surface area contributed by atoms with Gasteiger partial charge >= 0.3 is 0 Å². The smallest absolute Gasteiger partial charge is 0.245 e. The fourth-order valence-electron chi connectivity index (χ4n) is 7.33. The molecule has 42 heavy (non-hydrogen) atoms. The molecule has 3 aliphatic rings. The summed E-state index contributed by atoms with van der Waals surface area (Å²) in [4.78, 5) is 44.9. The van der Waals surface area contributed by atoms with Gasteiger partial charge in [0.05, 0.1) is 5.41 Å². The summed E-state index contributed by atoms with van der Waals surface area (Å²) < 4.78 is 0. The van der Waals surface area contributed by atoms with Gasteiger partial charge in [0, 0.05) is 43.2 Å². The number of nitrogens with zero attached hydrogens (tertiary/aromatic N) is 2. The van der Waals surface area contributed by atoms with Crippen molar-refractivity contribution < 1.29 is 14.4 Å². The van der Waals surface area contributed by atoms with Gasteiger partial charge in [0.2, 0.25) is 17.7 Å². The SMILES string of the molecule is CN[C@@H]1CC[C@H](C(=O)NC(Cc2cccc3ccccc23)C(=O)N2CCC(N3C(=O)C(C)(C)c4ccccc43)CC2)C1. The summed E-state index contributed by atoms with van der Waals surface area (Å²) in [5.41, 5.74) is 2.57. The van der Waals surface area contributed by atoms with Gasteiger partial charge in [-0.2, -0.15) is 0 Å². The lowest BCUT2D eigenvalue weighted by Crippen LogP contribution is -2.55. The molecule has 3 atom stereocenters. The Morgan fingerprint density at radius 2 is 1.64 bits per heavy atom. The number of rotatable bonds is 7. The van der Waals surface area contributed by atoms with E-state index in [0.29, 0.717) is 38.4 Å². The predicted molar refractivity (Wildman–Crippen MR) is 166 cm³/mol. The molecule has 0 aromatic heterocycles. The molecule has 1 saturated heterocycles. The first kappa shape index (κ1) is 28.4. The number of hydrogen-bond donors (Lipinski definition) is 2. The van der Waals surface area contributed by atoms with Gasteiger partial charge < -0.3 is 20.4 Å². The van der Waals surface area contributed by atoms with Gasteiger partial charge in [0.15, 0.2) is 0 Å². The van der Waals surface area contributed by atoms with Crippen molar-refractivity contribution in [3.8, 4) is 0 Å². The van der Waals surface area contributed by atoms with Crippen LogP contribution in [0.5, 0.6) is 0 Å². The second-order valence-electron chi connectivity index (χ2n) is 12.8. The van der Waals surface area contributed by atoms with Crippen LogP contribution in [0.15, 0.2) is 66.7 Å². The van der Waals surface area contributed by atoms with Crippen LogP contribution in [0.3, 0.4) is 0 Å². The zero-order chi connectivity index (χ0) is 29.4. The number of piperidine rings is 1. The molecule has 0 spiro atoms. The number of likely N-dealkylation sites (tertiary alicyclic amines) is 1. The molecule has 3 aromatic carbocycles. The highest BCUT2D eigenvalue weighted by Gasteiger charge is 2.47. The van der Waals surface area contributed by atoms with Crippen molar-refractivity contribution in [1.29, 1.82) is 0 Å². The molecule has 2 heterocycles. The largest absolute Gasteiger partial charge is 0.344 e. The lowest BCUT2D eigenvalue weighted by molar-refractivity contribution is -0.138. The van der Waals surface area contributed by atoms with Crippen molar-refractivity contribution in [2.45, 2.75) is 75.9 Å². The standard InChI is InChI=1S/C35H42N4O3/c1-35(2)29-13-6-7-14-31(29)39(34(35)42)27-17-19-38(20-18-27)33(41)30(37-32(40)25-15-16-26(21-25)36-3)22-24-11-8-10-23-9-4-5-12-28(23)24/h4-14,25-27,30,36H,15-22H2,1-3H3,(H,37,40)/t25-,26+,30?/m0/s1. The average molecular weight is 567 g/mol. The molecule has 1 unspecified atom stereocenters. The highest BCUT2D eigenvalue weighted by molar-refractivity contribution is 6.08. The second-order valence-corrected chi connectivity index (χ2v) is 12.8. The van der Waals surface area contributed by atoms with E-state index in [1.807, 2.05) is 67.1 Å². The molecular formula is C35H42N4O3. The lowest BCUT2D eigenvalue weighted by atomic mass is 9.86. The summed E-state index contributed by atoms with van der Waals surface area (Å²) in [6.45, 7) is 5.11. The zero-order valence-electron chi connectivity index (χ0n) is 24.9. The van der Waals surface area contributed by atoms with Crippen LogP contribution in [-0.4, -0.2) is 60.9 Å². The third kappa shape index (κ3) is 5.19. The number of nitrogens with one attached hydrogen (secondary N) is 2. The number of carbonyl (C=O) groups excluding carboxylic acids is 3. The normalized spacial score (nSPS) is 22.8. The number of para-hydroxylation sites is 1. The molecule has 7 heteroatoms. The first-order valence-corrected chi connectivity index (χ1v) is 15.4. The molecule has 2 aliphatic heterocycles. The minimum Gasteiger partial charge on any atom is -0.344 e. The topological polar surface area (TPSA) is 81.8 Å². The minimum absolute atomic E-state index is 0.0253. The Morgan fingerprint density at radius 1 is 0.929 bits per heavy atom. The van der Waals surface area contributed by atoms with Crippen molar-refractivity contribution in [3.63, 3.8) is 0 Å². The van der Waals surface area contributed by atoms with Crippen molar-refractivity contribution in [3.05, 3.63) is 77.9 Å². The molecule has 0 radical (unpaired) electrons. The van der Waals surface area contributed by atoms with Crippen LogP contribution in [0.2, 0.25) is 0 Å². The fourth-order valence-corrected chi connectivity index (χ4v) is 7.33. The molecule has 1 saturated carbocycles. The highest BCUT2D eigenvalue weighted by Crippen LogP contribution is 2.43. The van der Waals surface area contributed by atoms with Gasteiger partial charge in [-0.3, -0.25) is 14.4 Å². The molecule has 6 rings (SSSR count). The fraction of sp³-hybridized carbons (Fsp3) is 0.457. The molecule has 0 bridgehead atoms. The molecule has 3 amide bonds. The summed E-state index contributed by atoms with van der Waals surface area (Å²) in [5.74, 6) is -0.0132. The maximum Gasteiger partial charge on any atom is 0.245 e. The zero-order valence-corrected chi connectivity index (χ0v) is 24.9. The molecular weight excluding hydrogens is 524 g/mol. The summed E-state index contributed by atoms with van der Waals surface area (Å²) in [5, 5.41) is 8.72. The number of fused-ring (bicyclic) bond motifs is 2. The quantitative estimate of drug-likeness (QED) is 0.439. The van der Waals surface area contributed by atoms with E-state index in [9.17, 15) is 14.4 Å². The third-order valence-corrected chi connectivity index (χ3v) is 9.86. The van der Waals surface area contributed by atoms with Crippen LogP contribution < -0.4 is 15.5 Å². The summed E-state index contributed by atoms with van der Waals surface area (Å²) in [7, 11) is 1.94. The summed E-state index contributed by atoms with van der Waals surface area (Å²) >= 11 is 0. The second kappa shape index (κ2) is 11.5. The number of amides is 3. The first-order valence-electron chi connectivity index (χ1n) is 15.4. The van der Waals surface area contributed by atoms with Crippen molar-refractivity contribution >= 4 is 34.2 Å². The molecule has 1 aliphatic carbocycles.